The summed E-state index contributed by atoms with van der Waals surface area (Å²) >= 11 is 1.18. The fourth-order valence-electron chi connectivity index (χ4n) is 4.57. The van der Waals surface area contributed by atoms with Crippen LogP contribution in [0, 0.1) is 0 Å². The van der Waals surface area contributed by atoms with Crippen LogP contribution in [0.5, 0.6) is 0 Å². The second kappa shape index (κ2) is 9.98. The van der Waals surface area contributed by atoms with Gasteiger partial charge in [-0.1, -0.05) is 18.2 Å². The van der Waals surface area contributed by atoms with Crippen LogP contribution in [0.3, 0.4) is 0 Å². The Bertz CT molecular complexity index is 1090. The Labute approximate surface area is 207 Å². The third-order valence-electron chi connectivity index (χ3n) is 6.64. The second-order valence-corrected chi connectivity index (χ2v) is 12.3. The molecule has 2 saturated heterocycles. The van der Waals surface area contributed by atoms with Gasteiger partial charge in [0.25, 0.3) is 10.0 Å². The maximum absolute atomic E-state index is 13.3. The number of aliphatic hydroxyl groups is 1. The minimum absolute atomic E-state index is 0.0654. The van der Waals surface area contributed by atoms with E-state index in [1.807, 2.05) is 11.8 Å². The van der Waals surface area contributed by atoms with E-state index < -0.39 is 21.8 Å². The number of piperazine rings is 1. The van der Waals surface area contributed by atoms with Gasteiger partial charge in [-0.15, -0.1) is 11.3 Å². The predicted molar refractivity (Wildman–Crippen MR) is 128 cm³/mol. The molecule has 35 heavy (non-hydrogen) atoms. The molecule has 0 radical (unpaired) electrons. The molecule has 4 rings (SSSR count). The Morgan fingerprint density at radius 3 is 2.43 bits per heavy atom. The van der Waals surface area contributed by atoms with Gasteiger partial charge in [-0.05, 0) is 43.0 Å². The molecule has 2 fully saturated rings. The Morgan fingerprint density at radius 2 is 1.83 bits per heavy atom. The van der Waals surface area contributed by atoms with Crippen LogP contribution >= 0.6 is 11.3 Å². The van der Waals surface area contributed by atoms with E-state index in [-0.39, 0.29) is 30.8 Å². The van der Waals surface area contributed by atoms with Crippen LogP contribution in [0.25, 0.3) is 0 Å². The summed E-state index contributed by atoms with van der Waals surface area (Å²) in [4.78, 5) is 4.28. The first-order chi connectivity index (χ1) is 16.4. The molecule has 0 aliphatic carbocycles. The largest absolute Gasteiger partial charge is 0.421 e. The molecule has 194 valence electrons. The molecule has 1 N–H and O–H groups in total. The van der Waals surface area contributed by atoms with E-state index in [4.69, 9.17) is 4.74 Å². The Morgan fingerprint density at radius 1 is 1.11 bits per heavy atom. The minimum Gasteiger partial charge on any atom is -0.376 e. The number of rotatable bonds is 6. The lowest BCUT2D eigenvalue weighted by Crippen LogP contribution is -2.59. The maximum Gasteiger partial charge on any atom is 0.421 e. The summed E-state index contributed by atoms with van der Waals surface area (Å²) < 4.78 is 73.6. The molecule has 0 bridgehead atoms. The van der Waals surface area contributed by atoms with Crippen molar-refractivity contribution in [3.05, 3.63) is 47.3 Å². The van der Waals surface area contributed by atoms with E-state index in [1.54, 1.807) is 29.6 Å². The van der Waals surface area contributed by atoms with Gasteiger partial charge in [0.2, 0.25) is 0 Å². The van der Waals surface area contributed by atoms with Gasteiger partial charge < -0.3 is 14.7 Å². The predicted octanol–water partition coefficient (Wildman–Crippen LogP) is 3.12. The van der Waals surface area contributed by atoms with Crippen molar-refractivity contribution in [2.45, 2.75) is 42.0 Å². The van der Waals surface area contributed by atoms with Gasteiger partial charge in [0.1, 0.15) is 4.21 Å². The summed E-state index contributed by atoms with van der Waals surface area (Å²) in [7, 11) is -3.63. The highest BCUT2D eigenvalue weighted by molar-refractivity contribution is 7.91. The molecule has 1 unspecified atom stereocenters. The van der Waals surface area contributed by atoms with Crippen molar-refractivity contribution in [3.63, 3.8) is 0 Å². The maximum atomic E-state index is 13.3. The van der Waals surface area contributed by atoms with Gasteiger partial charge >= 0.3 is 6.18 Å². The first kappa shape index (κ1) is 26.4. The van der Waals surface area contributed by atoms with Crippen molar-refractivity contribution in [1.82, 2.24) is 9.21 Å². The van der Waals surface area contributed by atoms with Crippen LogP contribution in [0.4, 0.5) is 18.9 Å². The SMILES string of the molecule is C[C@H]1CN(C[C@H]2CN(S(=O)(=O)c3cccs3)CCN2c2ccc(C(C)(O)C(F)(F)F)cc2)CCO1. The molecule has 7 nitrogen and oxygen atoms in total. The molecular formula is C23H30F3N3O4S2. The normalized spacial score (nSPS) is 24.9. The molecule has 0 spiro atoms. The van der Waals surface area contributed by atoms with Gasteiger partial charge in [-0.25, -0.2) is 8.42 Å². The number of halogens is 3. The summed E-state index contributed by atoms with van der Waals surface area (Å²) in [6.45, 7) is 6.26. The van der Waals surface area contributed by atoms with Crippen molar-refractivity contribution in [1.29, 1.82) is 0 Å². The lowest BCUT2D eigenvalue weighted by molar-refractivity contribution is -0.258. The molecule has 2 aromatic rings. The number of nitrogens with zero attached hydrogens (tertiary/aromatic N) is 3. The molecule has 1 aromatic heterocycles. The molecule has 1 aromatic carbocycles. The van der Waals surface area contributed by atoms with Crippen molar-refractivity contribution >= 4 is 27.0 Å². The number of hydrogen-bond donors (Lipinski definition) is 1. The summed E-state index contributed by atoms with van der Waals surface area (Å²) in [5, 5.41) is 11.7. The van der Waals surface area contributed by atoms with Crippen molar-refractivity contribution in [3.8, 4) is 0 Å². The van der Waals surface area contributed by atoms with Crippen LogP contribution in [0.1, 0.15) is 19.4 Å². The first-order valence-corrected chi connectivity index (χ1v) is 13.8. The van der Waals surface area contributed by atoms with Gasteiger partial charge in [-0.2, -0.15) is 17.5 Å². The molecular weight excluding hydrogens is 503 g/mol. The number of hydrogen-bond acceptors (Lipinski definition) is 7. The van der Waals surface area contributed by atoms with Gasteiger partial charge in [0.15, 0.2) is 5.60 Å². The number of thiophene rings is 1. The van der Waals surface area contributed by atoms with Crippen molar-refractivity contribution in [2.24, 2.45) is 0 Å². The summed E-state index contributed by atoms with van der Waals surface area (Å²) in [5.74, 6) is 0. The fraction of sp³-hybridized carbons (Fsp3) is 0.565. The fourth-order valence-corrected chi connectivity index (χ4v) is 7.19. The van der Waals surface area contributed by atoms with Crippen LogP contribution < -0.4 is 4.90 Å². The molecule has 3 atom stereocenters. The number of sulfonamides is 1. The highest BCUT2D eigenvalue weighted by Crippen LogP contribution is 2.39. The monoisotopic (exact) mass is 533 g/mol. The average Bonchev–Trinajstić information content (AvgIpc) is 3.34. The van der Waals surface area contributed by atoms with Crippen molar-refractivity contribution < 1.29 is 31.4 Å². The zero-order chi connectivity index (χ0) is 25.4. The number of morpholine rings is 1. The van der Waals surface area contributed by atoms with Crippen LogP contribution in [-0.2, 0) is 20.4 Å². The Hall–Kier alpha value is -1.70. The molecule has 2 aliphatic heterocycles. The number of alkyl halides is 3. The lowest BCUT2D eigenvalue weighted by Gasteiger charge is -2.45. The first-order valence-electron chi connectivity index (χ1n) is 11.4. The average molecular weight is 534 g/mol. The molecule has 0 saturated carbocycles. The van der Waals surface area contributed by atoms with E-state index in [0.717, 1.165) is 20.0 Å². The summed E-state index contributed by atoms with van der Waals surface area (Å²) in [5.41, 5.74) is -2.51. The summed E-state index contributed by atoms with van der Waals surface area (Å²) in [6.07, 6.45) is -4.73. The second-order valence-electron chi connectivity index (χ2n) is 9.20. The van der Waals surface area contributed by atoms with E-state index in [1.165, 1.54) is 27.8 Å². The highest BCUT2D eigenvalue weighted by atomic mass is 32.2. The quantitative estimate of drug-likeness (QED) is 0.615. The zero-order valence-corrected chi connectivity index (χ0v) is 21.2. The van der Waals surface area contributed by atoms with Crippen molar-refractivity contribution in [2.75, 3.05) is 50.8 Å². The standard InChI is InChI=1S/C23H30F3N3O4S2/c1-17-14-27(11-12-33-17)15-20-16-28(35(31,32)21-4-3-13-34-21)9-10-29(20)19-7-5-18(6-8-19)22(2,30)23(24,25)26/h3-8,13,17,20,30H,9-12,14-16H2,1-2H3/t17-,20-,22?/m0/s1. The van der Waals surface area contributed by atoms with Crippen LogP contribution in [0.15, 0.2) is 46.0 Å². The van der Waals surface area contributed by atoms with Gasteiger partial charge in [-0.3, -0.25) is 4.90 Å². The minimum atomic E-state index is -4.80. The van der Waals surface area contributed by atoms with E-state index in [9.17, 15) is 26.7 Å². The smallest absolute Gasteiger partial charge is 0.376 e. The molecule has 2 aliphatic rings. The van der Waals surface area contributed by atoms with Gasteiger partial charge in [0, 0.05) is 45.0 Å². The third kappa shape index (κ3) is 5.52. The number of ether oxygens (including phenoxy) is 1. The number of anilines is 1. The van der Waals surface area contributed by atoms with Crippen LogP contribution in [0.2, 0.25) is 0 Å². The molecule has 12 heteroatoms. The lowest BCUT2D eigenvalue weighted by atomic mass is 9.95. The zero-order valence-electron chi connectivity index (χ0n) is 19.6. The number of benzene rings is 1. The van der Waals surface area contributed by atoms with E-state index in [2.05, 4.69) is 4.90 Å². The molecule has 3 heterocycles. The van der Waals surface area contributed by atoms with E-state index in [0.29, 0.717) is 29.6 Å². The Kier molecular flexibility index (Phi) is 7.52. The molecule has 0 amide bonds. The topological polar surface area (TPSA) is 73.3 Å². The summed E-state index contributed by atoms with van der Waals surface area (Å²) in [6, 6.07) is 8.78. The highest BCUT2D eigenvalue weighted by Gasteiger charge is 2.51. The third-order valence-corrected chi connectivity index (χ3v) is 9.88. The van der Waals surface area contributed by atoms with E-state index >= 15 is 0 Å². The van der Waals surface area contributed by atoms with Crippen LogP contribution in [-0.4, -0.2) is 86.9 Å². The Balaban J connectivity index is 1.59. The van der Waals surface area contributed by atoms with Gasteiger partial charge in [0.05, 0.1) is 18.8 Å².